The Hall–Kier alpha value is 0.961. The van der Waals surface area contributed by atoms with Crippen LogP contribution in [-0.4, -0.2) is 41.2 Å². The van der Waals surface area contributed by atoms with Gasteiger partial charge in [0.1, 0.15) is 0 Å². The van der Waals surface area contributed by atoms with Crippen molar-refractivity contribution in [3.63, 3.8) is 0 Å². The molecule has 1 saturated heterocycles. The molecule has 0 spiro atoms. The normalized spacial score (nSPS) is 30.2. The Labute approximate surface area is 160 Å². The summed E-state index contributed by atoms with van der Waals surface area (Å²) in [6, 6.07) is 1.38. The summed E-state index contributed by atoms with van der Waals surface area (Å²) in [5.74, 6) is 2.70. The van der Waals surface area contributed by atoms with E-state index in [0.717, 1.165) is 0 Å². The summed E-state index contributed by atoms with van der Waals surface area (Å²) in [7, 11) is -4.54. The summed E-state index contributed by atoms with van der Waals surface area (Å²) >= 11 is 2.23. The molecular formula is C19H44OSSi3. The van der Waals surface area contributed by atoms with Crippen LogP contribution in [0.25, 0.3) is 0 Å². The first-order valence-corrected chi connectivity index (χ1v) is 20.9. The van der Waals surface area contributed by atoms with Gasteiger partial charge in [0.25, 0.3) is 0 Å². The summed E-state index contributed by atoms with van der Waals surface area (Å²) in [5, 5.41) is 0.170. The van der Waals surface area contributed by atoms with Crippen molar-refractivity contribution >= 4 is 36.2 Å². The van der Waals surface area contributed by atoms with Crippen molar-refractivity contribution in [3.05, 3.63) is 0 Å². The maximum atomic E-state index is 7.56. The molecule has 0 aromatic heterocycles. The molecule has 144 valence electrons. The molecule has 0 amide bonds. The third kappa shape index (κ3) is 3.95. The molecule has 1 aliphatic rings. The van der Waals surface area contributed by atoms with E-state index in [0.29, 0.717) is 4.66 Å². The van der Waals surface area contributed by atoms with Gasteiger partial charge in [-0.2, -0.15) is 11.8 Å². The molecule has 1 heterocycles. The average molecular weight is 405 g/mol. The lowest BCUT2D eigenvalue weighted by Crippen LogP contribution is -2.66. The van der Waals surface area contributed by atoms with Gasteiger partial charge in [-0.15, -0.1) is 0 Å². The van der Waals surface area contributed by atoms with Gasteiger partial charge in [-0.3, -0.25) is 0 Å². The SMILES string of the molecule is CCC(CC)(O[Si]1(C)CCCSCC1(CC)[Si](C)(C)C)[Si](C)(C)C. The zero-order valence-electron chi connectivity index (χ0n) is 18.3. The van der Waals surface area contributed by atoms with Gasteiger partial charge in [-0.1, -0.05) is 66.5 Å². The highest BCUT2D eigenvalue weighted by Crippen LogP contribution is 2.57. The quantitative estimate of drug-likeness (QED) is 0.415. The number of hydrogen-bond donors (Lipinski definition) is 0. The van der Waals surface area contributed by atoms with Crippen LogP contribution in [0.4, 0.5) is 0 Å². The van der Waals surface area contributed by atoms with E-state index in [1.165, 1.54) is 43.2 Å². The van der Waals surface area contributed by atoms with Gasteiger partial charge in [0, 0.05) is 5.22 Å². The zero-order chi connectivity index (χ0) is 18.9. The van der Waals surface area contributed by atoms with Crippen molar-refractivity contribution in [2.75, 3.05) is 11.5 Å². The highest BCUT2D eigenvalue weighted by Gasteiger charge is 2.61. The lowest BCUT2D eigenvalue weighted by Gasteiger charge is -2.58. The Bertz CT molecular complexity index is 412. The summed E-state index contributed by atoms with van der Waals surface area (Å²) < 4.78 is 8.08. The van der Waals surface area contributed by atoms with Crippen LogP contribution < -0.4 is 0 Å². The molecule has 24 heavy (non-hydrogen) atoms. The van der Waals surface area contributed by atoms with Crippen molar-refractivity contribution in [1.82, 2.24) is 0 Å². The number of thioether (sulfide) groups is 1. The molecule has 0 aliphatic carbocycles. The van der Waals surface area contributed by atoms with E-state index >= 15 is 0 Å². The Balaban J connectivity index is 3.46. The largest absolute Gasteiger partial charge is 0.414 e. The molecule has 0 aromatic carbocycles. The Kier molecular flexibility index (Phi) is 7.58. The van der Waals surface area contributed by atoms with E-state index in [1.807, 2.05) is 0 Å². The predicted molar refractivity (Wildman–Crippen MR) is 122 cm³/mol. The van der Waals surface area contributed by atoms with E-state index in [2.05, 4.69) is 78.4 Å². The molecule has 2 atom stereocenters. The molecule has 0 saturated carbocycles. The summed E-state index contributed by atoms with van der Waals surface area (Å²) in [6.45, 7) is 25.3. The van der Waals surface area contributed by atoms with Crippen LogP contribution in [0, 0.1) is 0 Å². The fraction of sp³-hybridized carbons (Fsp3) is 1.00. The maximum Gasteiger partial charge on any atom is 0.194 e. The van der Waals surface area contributed by atoms with Crippen molar-refractivity contribution in [2.24, 2.45) is 0 Å². The third-order valence-corrected chi connectivity index (χ3v) is 24.7. The smallest absolute Gasteiger partial charge is 0.194 e. The van der Waals surface area contributed by atoms with Crippen molar-refractivity contribution in [2.45, 2.75) is 108 Å². The minimum atomic E-state index is -1.81. The highest BCUT2D eigenvalue weighted by molar-refractivity contribution is 7.99. The van der Waals surface area contributed by atoms with Gasteiger partial charge in [-0.25, -0.2) is 0 Å². The average Bonchev–Trinajstić information content (AvgIpc) is 2.62. The Morgan fingerprint density at radius 2 is 1.58 bits per heavy atom. The van der Waals surface area contributed by atoms with Crippen molar-refractivity contribution in [1.29, 1.82) is 0 Å². The first kappa shape index (κ1) is 23.0. The van der Waals surface area contributed by atoms with Gasteiger partial charge in [0.05, 0.1) is 16.1 Å². The first-order chi connectivity index (χ1) is 10.8. The molecule has 0 aromatic rings. The van der Waals surface area contributed by atoms with Crippen LogP contribution in [0.5, 0.6) is 0 Å². The molecule has 0 N–H and O–H groups in total. The maximum absolute atomic E-state index is 7.56. The van der Waals surface area contributed by atoms with Gasteiger partial charge < -0.3 is 4.43 Å². The fourth-order valence-corrected chi connectivity index (χ4v) is 25.7. The summed E-state index contributed by atoms with van der Waals surface area (Å²) in [4.78, 5) is 0. The molecule has 0 bridgehead atoms. The molecule has 1 rings (SSSR count). The monoisotopic (exact) mass is 404 g/mol. The molecule has 1 fully saturated rings. The van der Waals surface area contributed by atoms with Crippen LogP contribution >= 0.6 is 11.8 Å². The topological polar surface area (TPSA) is 9.23 Å². The second kappa shape index (κ2) is 7.91. The molecule has 0 radical (unpaired) electrons. The summed E-state index contributed by atoms with van der Waals surface area (Å²) in [5.41, 5.74) is 0. The van der Waals surface area contributed by atoms with Gasteiger partial charge >= 0.3 is 0 Å². The number of rotatable bonds is 7. The Morgan fingerprint density at radius 1 is 1.04 bits per heavy atom. The lowest BCUT2D eigenvalue weighted by molar-refractivity contribution is 0.116. The van der Waals surface area contributed by atoms with Crippen LogP contribution in [0.15, 0.2) is 0 Å². The van der Waals surface area contributed by atoms with Gasteiger partial charge in [0.2, 0.25) is 0 Å². The highest BCUT2D eigenvalue weighted by atomic mass is 32.2. The van der Waals surface area contributed by atoms with Crippen molar-refractivity contribution < 1.29 is 4.43 Å². The first-order valence-electron chi connectivity index (χ1n) is 10.1. The standard InChI is InChI=1S/C19H44OSSi3/c1-11-18(12-2,22(4,5)6)20-24(10)16-14-15-21-17-19(24,13-3)23(7,8)9/h11-17H2,1-10H3. The summed E-state index contributed by atoms with van der Waals surface area (Å²) in [6.07, 6.45) is 5.09. The van der Waals surface area contributed by atoms with Crippen molar-refractivity contribution in [3.8, 4) is 0 Å². The van der Waals surface area contributed by atoms with E-state index in [1.54, 1.807) is 0 Å². The van der Waals surface area contributed by atoms with E-state index < -0.39 is 24.5 Å². The van der Waals surface area contributed by atoms with E-state index in [9.17, 15) is 0 Å². The predicted octanol–water partition coefficient (Wildman–Crippen LogP) is 7.18. The van der Waals surface area contributed by atoms with E-state index in [-0.39, 0.29) is 5.22 Å². The van der Waals surface area contributed by atoms with Crippen LogP contribution in [0.2, 0.25) is 56.5 Å². The molecule has 1 aliphatic heterocycles. The van der Waals surface area contributed by atoms with Crippen LogP contribution in [0.3, 0.4) is 0 Å². The molecule has 1 nitrogen and oxygen atoms in total. The van der Waals surface area contributed by atoms with E-state index in [4.69, 9.17) is 4.43 Å². The van der Waals surface area contributed by atoms with Crippen LogP contribution in [-0.2, 0) is 4.43 Å². The molecule has 2 unspecified atom stereocenters. The lowest BCUT2D eigenvalue weighted by atomic mass is 10.2. The van der Waals surface area contributed by atoms with Gasteiger partial charge in [-0.05, 0) is 48.0 Å². The van der Waals surface area contributed by atoms with Gasteiger partial charge in [0.15, 0.2) is 8.32 Å². The second-order valence-electron chi connectivity index (χ2n) is 10.1. The number of hydrogen-bond acceptors (Lipinski definition) is 2. The third-order valence-electron chi connectivity index (χ3n) is 7.27. The minimum absolute atomic E-state index is 0.170. The molecular weight excluding hydrogens is 361 g/mol. The second-order valence-corrected chi connectivity index (χ2v) is 26.7. The fourth-order valence-electron chi connectivity index (χ4n) is 5.35. The zero-order valence-corrected chi connectivity index (χ0v) is 22.1. The Morgan fingerprint density at radius 3 is 1.96 bits per heavy atom. The molecule has 5 heteroatoms. The minimum Gasteiger partial charge on any atom is -0.414 e. The van der Waals surface area contributed by atoms with Crippen LogP contribution in [0.1, 0.15) is 46.5 Å².